The van der Waals surface area contributed by atoms with Crippen molar-refractivity contribution in [2.45, 2.75) is 32.7 Å². The zero-order chi connectivity index (χ0) is 18.1. The van der Waals surface area contributed by atoms with Crippen molar-refractivity contribution < 1.29 is 9.32 Å². The zero-order valence-electron chi connectivity index (χ0n) is 15.0. The molecule has 0 N–H and O–H groups in total. The fourth-order valence-corrected chi connectivity index (χ4v) is 3.68. The SMILES string of the molecule is Cc1ccc2c(c1)CCN(C(=O)Cc1cc(C)on1)C2c1cccnc1. The first-order valence-corrected chi connectivity index (χ1v) is 8.83. The number of hydrogen-bond acceptors (Lipinski definition) is 4. The normalized spacial score (nSPS) is 16.4. The van der Waals surface area contributed by atoms with Gasteiger partial charge in [0.1, 0.15) is 5.76 Å². The Morgan fingerprint density at radius 3 is 2.88 bits per heavy atom. The second kappa shape index (κ2) is 6.75. The first kappa shape index (κ1) is 16.5. The molecule has 1 aromatic carbocycles. The van der Waals surface area contributed by atoms with E-state index >= 15 is 0 Å². The van der Waals surface area contributed by atoms with Crippen LogP contribution in [0.25, 0.3) is 0 Å². The molecule has 5 nitrogen and oxygen atoms in total. The number of aryl methyl sites for hydroxylation is 2. The van der Waals surface area contributed by atoms with Crippen molar-refractivity contribution in [1.82, 2.24) is 15.0 Å². The topological polar surface area (TPSA) is 59.2 Å². The summed E-state index contributed by atoms with van der Waals surface area (Å²) in [6.45, 7) is 4.62. The van der Waals surface area contributed by atoms with Gasteiger partial charge < -0.3 is 9.42 Å². The Balaban J connectivity index is 1.71. The summed E-state index contributed by atoms with van der Waals surface area (Å²) >= 11 is 0. The number of aromatic nitrogens is 2. The number of nitrogens with zero attached hydrogens (tertiary/aromatic N) is 3. The Bertz CT molecular complexity index is 933. The van der Waals surface area contributed by atoms with Gasteiger partial charge in [-0.15, -0.1) is 0 Å². The molecular formula is C21H21N3O2. The lowest BCUT2D eigenvalue weighted by Crippen LogP contribution is -2.41. The maximum Gasteiger partial charge on any atom is 0.229 e. The Kier molecular flexibility index (Phi) is 4.29. The first-order valence-electron chi connectivity index (χ1n) is 8.83. The average Bonchev–Trinajstić information content (AvgIpc) is 3.06. The quantitative estimate of drug-likeness (QED) is 0.728. The molecule has 1 aliphatic heterocycles. The van der Waals surface area contributed by atoms with E-state index in [4.69, 9.17) is 4.52 Å². The van der Waals surface area contributed by atoms with Crippen LogP contribution in [0.3, 0.4) is 0 Å². The van der Waals surface area contributed by atoms with Crippen molar-refractivity contribution in [2.75, 3.05) is 6.54 Å². The molecule has 1 atom stereocenters. The van der Waals surface area contributed by atoms with E-state index in [1.54, 1.807) is 6.20 Å². The van der Waals surface area contributed by atoms with Gasteiger partial charge in [0.2, 0.25) is 5.91 Å². The van der Waals surface area contributed by atoms with Crippen LogP contribution in [0.1, 0.15) is 39.7 Å². The maximum absolute atomic E-state index is 13.1. The maximum atomic E-state index is 13.1. The molecule has 0 radical (unpaired) electrons. The van der Waals surface area contributed by atoms with Crippen molar-refractivity contribution in [3.8, 4) is 0 Å². The summed E-state index contributed by atoms with van der Waals surface area (Å²) in [7, 11) is 0. The number of amides is 1. The molecule has 0 aliphatic carbocycles. The van der Waals surface area contributed by atoms with Crippen LogP contribution in [0, 0.1) is 13.8 Å². The summed E-state index contributed by atoms with van der Waals surface area (Å²) in [6.07, 6.45) is 4.71. The molecule has 1 unspecified atom stereocenters. The lowest BCUT2D eigenvalue weighted by atomic mass is 9.87. The largest absolute Gasteiger partial charge is 0.361 e. The highest BCUT2D eigenvalue weighted by Gasteiger charge is 2.32. The molecular weight excluding hydrogens is 326 g/mol. The predicted molar refractivity (Wildman–Crippen MR) is 97.6 cm³/mol. The lowest BCUT2D eigenvalue weighted by Gasteiger charge is -2.37. The van der Waals surface area contributed by atoms with E-state index in [2.05, 4.69) is 35.3 Å². The predicted octanol–water partition coefficient (Wildman–Crippen LogP) is 3.40. The molecule has 0 fully saturated rings. The number of carbonyl (C=O) groups excluding carboxylic acids is 1. The molecule has 0 saturated heterocycles. The highest BCUT2D eigenvalue weighted by molar-refractivity contribution is 5.79. The Morgan fingerprint density at radius 2 is 2.15 bits per heavy atom. The average molecular weight is 347 g/mol. The third-order valence-corrected chi connectivity index (χ3v) is 4.86. The number of carbonyl (C=O) groups is 1. The van der Waals surface area contributed by atoms with Crippen LogP contribution in [-0.4, -0.2) is 27.5 Å². The van der Waals surface area contributed by atoms with Crippen molar-refractivity contribution in [1.29, 1.82) is 0 Å². The number of rotatable bonds is 3. The van der Waals surface area contributed by atoms with Gasteiger partial charge in [-0.2, -0.15) is 0 Å². The van der Waals surface area contributed by atoms with E-state index in [1.165, 1.54) is 16.7 Å². The summed E-state index contributed by atoms with van der Waals surface area (Å²) < 4.78 is 5.10. The van der Waals surface area contributed by atoms with Crippen molar-refractivity contribution in [3.05, 3.63) is 82.5 Å². The van der Waals surface area contributed by atoms with Crippen molar-refractivity contribution >= 4 is 5.91 Å². The molecule has 1 amide bonds. The summed E-state index contributed by atoms with van der Waals surface area (Å²) in [4.78, 5) is 19.3. The van der Waals surface area contributed by atoms with E-state index in [0.29, 0.717) is 12.2 Å². The second-order valence-electron chi connectivity index (χ2n) is 6.83. The van der Waals surface area contributed by atoms with Crippen molar-refractivity contribution in [3.63, 3.8) is 0 Å². The molecule has 2 aromatic heterocycles. The molecule has 0 saturated carbocycles. The molecule has 26 heavy (non-hydrogen) atoms. The van der Waals surface area contributed by atoms with Gasteiger partial charge >= 0.3 is 0 Å². The Hall–Kier alpha value is -2.95. The lowest BCUT2D eigenvalue weighted by molar-refractivity contribution is -0.132. The van der Waals surface area contributed by atoms with E-state index < -0.39 is 0 Å². The highest BCUT2D eigenvalue weighted by Crippen LogP contribution is 2.35. The number of fused-ring (bicyclic) bond motifs is 1. The molecule has 132 valence electrons. The highest BCUT2D eigenvalue weighted by atomic mass is 16.5. The van der Waals surface area contributed by atoms with Crippen LogP contribution in [-0.2, 0) is 17.6 Å². The summed E-state index contributed by atoms with van der Waals surface area (Å²) in [5, 5.41) is 3.97. The fraction of sp³-hybridized carbons (Fsp3) is 0.286. The van der Waals surface area contributed by atoms with Gasteiger partial charge in [-0.3, -0.25) is 9.78 Å². The van der Waals surface area contributed by atoms with Gasteiger partial charge in [0.25, 0.3) is 0 Å². The van der Waals surface area contributed by atoms with E-state index in [1.807, 2.05) is 36.2 Å². The zero-order valence-corrected chi connectivity index (χ0v) is 15.0. The van der Waals surface area contributed by atoms with Crippen LogP contribution in [0.4, 0.5) is 0 Å². The summed E-state index contributed by atoms with van der Waals surface area (Å²) in [5.41, 5.74) is 5.43. The molecule has 0 spiro atoms. The number of benzene rings is 1. The second-order valence-corrected chi connectivity index (χ2v) is 6.83. The van der Waals surface area contributed by atoms with E-state index in [0.717, 1.165) is 17.7 Å². The van der Waals surface area contributed by atoms with Crippen LogP contribution in [0.2, 0.25) is 0 Å². The van der Waals surface area contributed by atoms with Crippen LogP contribution in [0.5, 0.6) is 0 Å². The third-order valence-electron chi connectivity index (χ3n) is 4.86. The molecule has 0 bridgehead atoms. The third kappa shape index (κ3) is 3.12. The van der Waals surface area contributed by atoms with Gasteiger partial charge in [-0.05, 0) is 43.0 Å². The first-order chi connectivity index (χ1) is 12.6. The molecule has 4 rings (SSSR count). The van der Waals surface area contributed by atoms with Gasteiger partial charge in [-0.25, -0.2) is 0 Å². The molecule has 3 aromatic rings. The fourth-order valence-electron chi connectivity index (χ4n) is 3.68. The van der Waals surface area contributed by atoms with Crippen molar-refractivity contribution in [2.24, 2.45) is 0 Å². The van der Waals surface area contributed by atoms with Gasteiger partial charge in [0.15, 0.2) is 0 Å². The monoisotopic (exact) mass is 347 g/mol. The number of pyridine rings is 1. The minimum atomic E-state index is -0.117. The van der Waals surface area contributed by atoms with Gasteiger partial charge in [-0.1, -0.05) is 35.0 Å². The Labute approximate surface area is 152 Å². The van der Waals surface area contributed by atoms with Crippen LogP contribution in [0.15, 0.2) is 53.3 Å². The molecule has 3 heterocycles. The van der Waals surface area contributed by atoms with Gasteiger partial charge in [0, 0.05) is 25.0 Å². The minimum Gasteiger partial charge on any atom is -0.361 e. The van der Waals surface area contributed by atoms with Crippen LogP contribution >= 0.6 is 0 Å². The smallest absolute Gasteiger partial charge is 0.229 e. The molecule has 1 aliphatic rings. The number of hydrogen-bond donors (Lipinski definition) is 0. The van der Waals surface area contributed by atoms with Crippen LogP contribution < -0.4 is 0 Å². The minimum absolute atomic E-state index is 0.0541. The standard InChI is InChI=1S/C21H21N3O2/c1-14-5-6-19-16(10-14)7-9-24(21(19)17-4-3-8-22-13-17)20(25)12-18-11-15(2)26-23-18/h3-6,8,10-11,13,21H,7,9,12H2,1-2H3. The summed E-state index contributed by atoms with van der Waals surface area (Å²) in [5.74, 6) is 0.773. The van der Waals surface area contributed by atoms with E-state index in [-0.39, 0.29) is 18.4 Å². The van der Waals surface area contributed by atoms with Gasteiger partial charge in [0.05, 0.1) is 18.2 Å². The summed E-state index contributed by atoms with van der Waals surface area (Å²) in [6, 6.07) is 12.1. The molecule has 5 heteroatoms. The van der Waals surface area contributed by atoms with E-state index in [9.17, 15) is 4.79 Å². The Morgan fingerprint density at radius 1 is 1.27 bits per heavy atom.